The van der Waals surface area contributed by atoms with Gasteiger partial charge in [0.1, 0.15) is 11.5 Å². The van der Waals surface area contributed by atoms with Crippen molar-refractivity contribution in [2.45, 2.75) is 32.9 Å². The molecule has 2 heterocycles. The zero-order chi connectivity index (χ0) is 14.5. The third-order valence-electron chi connectivity index (χ3n) is 4.15. The highest BCUT2D eigenvalue weighted by molar-refractivity contribution is 5.20. The van der Waals surface area contributed by atoms with Gasteiger partial charge in [-0.15, -0.1) is 0 Å². The van der Waals surface area contributed by atoms with Gasteiger partial charge in [-0.25, -0.2) is 0 Å². The molecule has 1 aliphatic rings. The van der Waals surface area contributed by atoms with Crippen LogP contribution in [-0.4, -0.2) is 50.6 Å². The van der Waals surface area contributed by atoms with E-state index >= 15 is 0 Å². The Labute approximate surface area is 123 Å². The van der Waals surface area contributed by atoms with E-state index in [9.17, 15) is 0 Å². The first-order valence-corrected chi connectivity index (χ1v) is 7.68. The minimum atomic E-state index is 0.861. The van der Waals surface area contributed by atoms with Gasteiger partial charge in [0.05, 0.1) is 6.54 Å². The van der Waals surface area contributed by atoms with Crippen molar-refractivity contribution in [3.8, 4) is 0 Å². The number of likely N-dealkylation sites (tertiary alicyclic amines) is 1. The van der Waals surface area contributed by atoms with Crippen molar-refractivity contribution in [1.29, 1.82) is 0 Å². The summed E-state index contributed by atoms with van der Waals surface area (Å²) in [6.45, 7) is 7.51. The number of aryl methyl sites for hydroxylation is 1. The summed E-state index contributed by atoms with van der Waals surface area (Å²) in [7, 11) is 6.31. The second-order valence-electron chi connectivity index (χ2n) is 6.31. The Morgan fingerprint density at radius 3 is 2.65 bits per heavy atom. The predicted octanol–water partition coefficient (Wildman–Crippen LogP) is 2.08. The first-order chi connectivity index (χ1) is 9.58. The number of piperidine rings is 1. The van der Waals surface area contributed by atoms with Gasteiger partial charge in [-0.1, -0.05) is 0 Å². The molecule has 1 aliphatic heterocycles. The van der Waals surface area contributed by atoms with Gasteiger partial charge in [0.2, 0.25) is 0 Å². The van der Waals surface area contributed by atoms with E-state index in [4.69, 9.17) is 4.42 Å². The van der Waals surface area contributed by atoms with Crippen LogP contribution < -0.4 is 5.32 Å². The van der Waals surface area contributed by atoms with Crippen LogP contribution in [0.1, 0.15) is 29.9 Å². The smallest absolute Gasteiger partial charge is 0.118 e. The van der Waals surface area contributed by atoms with Crippen LogP contribution in [-0.2, 0) is 13.1 Å². The standard InChI is InChI=1S/C16H29N3O/c1-13-15(10-17-2)9-16(20-13)12-19-7-5-14(6-8-19)11-18(3)4/h9,14,17H,5-8,10-12H2,1-4H3. The van der Waals surface area contributed by atoms with Crippen LogP contribution in [0.4, 0.5) is 0 Å². The number of rotatable bonds is 6. The average Bonchev–Trinajstić information content (AvgIpc) is 2.72. The molecule has 0 atom stereocenters. The van der Waals surface area contributed by atoms with E-state index in [-0.39, 0.29) is 0 Å². The fourth-order valence-corrected chi connectivity index (χ4v) is 3.10. The summed E-state index contributed by atoms with van der Waals surface area (Å²) in [5, 5.41) is 3.19. The molecular weight excluding hydrogens is 250 g/mol. The molecule has 20 heavy (non-hydrogen) atoms. The monoisotopic (exact) mass is 279 g/mol. The van der Waals surface area contributed by atoms with E-state index in [1.54, 1.807) is 0 Å². The highest BCUT2D eigenvalue weighted by Gasteiger charge is 2.20. The average molecular weight is 279 g/mol. The normalized spacial score (nSPS) is 18.1. The fraction of sp³-hybridized carbons (Fsp3) is 0.750. The van der Waals surface area contributed by atoms with Gasteiger partial charge in [-0.3, -0.25) is 4.90 Å². The Kier molecular flexibility index (Phi) is 5.64. The SMILES string of the molecule is CNCc1cc(CN2CCC(CN(C)C)CC2)oc1C. The van der Waals surface area contributed by atoms with Gasteiger partial charge in [0.25, 0.3) is 0 Å². The van der Waals surface area contributed by atoms with Crippen molar-refractivity contribution in [1.82, 2.24) is 15.1 Å². The second kappa shape index (κ2) is 7.25. The Morgan fingerprint density at radius 2 is 2.05 bits per heavy atom. The summed E-state index contributed by atoms with van der Waals surface area (Å²) >= 11 is 0. The Hall–Kier alpha value is -0.840. The van der Waals surface area contributed by atoms with Gasteiger partial charge in [0.15, 0.2) is 0 Å². The van der Waals surface area contributed by atoms with Crippen LogP contribution in [0.5, 0.6) is 0 Å². The topological polar surface area (TPSA) is 31.6 Å². The molecule has 1 saturated heterocycles. The molecule has 0 unspecified atom stereocenters. The molecule has 1 aromatic rings. The van der Waals surface area contributed by atoms with Crippen molar-refractivity contribution < 1.29 is 4.42 Å². The molecule has 114 valence electrons. The predicted molar refractivity (Wildman–Crippen MR) is 82.8 cm³/mol. The molecule has 0 radical (unpaired) electrons. The van der Waals surface area contributed by atoms with E-state index < -0.39 is 0 Å². The maximum absolute atomic E-state index is 5.87. The molecule has 1 fully saturated rings. The molecule has 1 N–H and O–H groups in total. The number of hydrogen-bond donors (Lipinski definition) is 1. The largest absolute Gasteiger partial charge is 0.465 e. The van der Waals surface area contributed by atoms with Gasteiger partial charge >= 0.3 is 0 Å². The number of nitrogens with zero attached hydrogens (tertiary/aromatic N) is 2. The van der Waals surface area contributed by atoms with Crippen molar-refractivity contribution in [2.75, 3.05) is 40.8 Å². The number of furan rings is 1. The van der Waals surface area contributed by atoms with Gasteiger partial charge < -0.3 is 14.6 Å². The van der Waals surface area contributed by atoms with Crippen LogP contribution in [0, 0.1) is 12.8 Å². The van der Waals surface area contributed by atoms with Gasteiger partial charge in [-0.05, 0) is 66.0 Å². The highest BCUT2D eigenvalue weighted by atomic mass is 16.3. The summed E-state index contributed by atoms with van der Waals surface area (Å²) in [4.78, 5) is 4.83. The Balaban J connectivity index is 1.82. The molecule has 4 heteroatoms. The van der Waals surface area contributed by atoms with Crippen LogP contribution in [0.3, 0.4) is 0 Å². The lowest BCUT2D eigenvalue weighted by molar-refractivity contribution is 0.148. The van der Waals surface area contributed by atoms with Crippen LogP contribution >= 0.6 is 0 Å². The molecule has 0 spiro atoms. The first kappa shape index (κ1) is 15.5. The number of nitrogens with one attached hydrogen (secondary N) is 1. The number of hydrogen-bond acceptors (Lipinski definition) is 4. The molecule has 0 aromatic carbocycles. The summed E-state index contributed by atoms with van der Waals surface area (Å²) in [5.74, 6) is 3.02. The van der Waals surface area contributed by atoms with Crippen molar-refractivity contribution >= 4 is 0 Å². The lowest BCUT2D eigenvalue weighted by Crippen LogP contribution is -2.36. The second-order valence-corrected chi connectivity index (χ2v) is 6.31. The van der Waals surface area contributed by atoms with Crippen molar-refractivity contribution in [2.24, 2.45) is 5.92 Å². The molecule has 0 bridgehead atoms. The Morgan fingerprint density at radius 1 is 1.35 bits per heavy atom. The zero-order valence-electron chi connectivity index (χ0n) is 13.4. The molecule has 0 aliphatic carbocycles. The lowest BCUT2D eigenvalue weighted by atomic mass is 9.96. The minimum Gasteiger partial charge on any atom is -0.465 e. The Bertz CT molecular complexity index is 406. The summed E-state index contributed by atoms with van der Waals surface area (Å²) in [6, 6.07) is 2.21. The lowest BCUT2D eigenvalue weighted by Gasteiger charge is -2.32. The van der Waals surface area contributed by atoms with Crippen molar-refractivity contribution in [3.63, 3.8) is 0 Å². The van der Waals surface area contributed by atoms with E-state index in [1.807, 2.05) is 7.05 Å². The molecule has 0 saturated carbocycles. The van der Waals surface area contributed by atoms with E-state index in [2.05, 4.69) is 42.2 Å². The molecule has 1 aromatic heterocycles. The quantitative estimate of drug-likeness (QED) is 0.864. The maximum atomic E-state index is 5.87. The minimum absolute atomic E-state index is 0.861. The third-order valence-corrected chi connectivity index (χ3v) is 4.15. The highest BCUT2D eigenvalue weighted by Crippen LogP contribution is 2.21. The third kappa shape index (κ3) is 4.33. The van der Waals surface area contributed by atoms with Crippen LogP contribution in [0.2, 0.25) is 0 Å². The van der Waals surface area contributed by atoms with E-state index in [0.29, 0.717) is 0 Å². The molecular formula is C16H29N3O. The zero-order valence-corrected chi connectivity index (χ0v) is 13.4. The first-order valence-electron chi connectivity index (χ1n) is 7.68. The fourth-order valence-electron chi connectivity index (χ4n) is 3.10. The summed E-state index contributed by atoms with van der Waals surface area (Å²) in [6.07, 6.45) is 2.61. The molecule has 2 rings (SSSR count). The van der Waals surface area contributed by atoms with Crippen LogP contribution in [0.25, 0.3) is 0 Å². The summed E-state index contributed by atoms with van der Waals surface area (Å²) in [5.41, 5.74) is 1.28. The maximum Gasteiger partial charge on any atom is 0.118 e. The molecule has 0 amide bonds. The van der Waals surface area contributed by atoms with Gasteiger partial charge in [-0.2, -0.15) is 0 Å². The van der Waals surface area contributed by atoms with E-state index in [0.717, 1.165) is 30.5 Å². The molecule has 4 nitrogen and oxygen atoms in total. The van der Waals surface area contributed by atoms with E-state index in [1.165, 1.54) is 38.0 Å². The van der Waals surface area contributed by atoms with Crippen molar-refractivity contribution in [3.05, 3.63) is 23.2 Å². The summed E-state index contributed by atoms with van der Waals surface area (Å²) < 4.78 is 5.87. The van der Waals surface area contributed by atoms with Crippen LogP contribution in [0.15, 0.2) is 10.5 Å². The van der Waals surface area contributed by atoms with Gasteiger partial charge in [0, 0.05) is 18.7 Å².